The Morgan fingerprint density at radius 1 is 1.09 bits per heavy atom. The zero-order chi connectivity index (χ0) is 30.3. The number of nitrogens with zero attached hydrogens (tertiary/aromatic N) is 5. The van der Waals surface area contributed by atoms with Crippen LogP contribution in [0.5, 0.6) is 0 Å². The molecule has 2 saturated heterocycles. The molecule has 0 bridgehead atoms. The van der Waals surface area contributed by atoms with Gasteiger partial charge in [-0.3, -0.25) is 14.8 Å². The van der Waals surface area contributed by atoms with Crippen molar-refractivity contribution in [1.82, 2.24) is 29.6 Å². The van der Waals surface area contributed by atoms with E-state index in [0.717, 1.165) is 74.2 Å². The fraction of sp³-hybridized carbons (Fsp3) is 0.467. The molecular weight excluding hydrogens is 627 g/mol. The summed E-state index contributed by atoms with van der Waals surface area (Å²) in [5, 5.41) is 9.51. The monoisotopic (exact) mass is 662 g/mol. The lowest BCUT2D eigenvalue weighted by molar-refractivity contribution is 0.0310. The lowest BCUT2D eigenvalue weighted by Crippen LogP contribution is -2.47. The van der Waals surface area contributed by atoms with E-state index in [1.165, 1.54) is 15.8 Å². The van der Waals surface area contributed by atoms with Crippen molar-refractivity contribution in [2.24, 2.45) is 0 Å². The molecule has 2 fully saturated rings. The number of aromatic nitrogens is 2. The second kappa shape index (κ2) is 15.1. The van der Waals surface area contributed by atoms with Crippen LogP contribution in [-0.4, -0.2) is 65.1 Å². The third-order valence-corrected chi connectivity index (χ3v) is 9.77. The molecule has 1 aromatic carbocycles. The van der Waals surface area contributed by atoms with Crippen LogP contribution in [0.4, 0.5) is 0 Å². The van der Waals surface area contributed by atoms with Gasteiger partial charge in [-0.2, -0.15) is 5.10 Å². The highest BCUT2D eigenvalue weighted by atomic mass is 35.5. The van der Waals surface area contributed by atoms with E-state index in [0.29, 0.717) is 40.1 Å². The Labute approximate surface area is 269 Å². The van der Waals surface area contributed by atoms with E-state index in [1.807, 2.05) is 22.2 Å². The SMILES string of the molecule is CCCC#Cc1ccc(-c2c(CN(N3CCCCC3)S(=O)O)c(C(=O)NN3CCCCC3)nn2-c2ccc(Cl)cc2Cl)s1. The molecule has 3 aromatic rings. The second-order valence-electron chi connectivity index (χ2n) is 10.6. The van der Waals surface area contributed by atoms with E-state index in [1.54, 1.807) is 22.9 Å². The quantitative estimate of drug-likeness (QED) is 0.200. The molecule has 1 atom stereocenters. The van der Waals surface area contributed by atoms with E-state index in [-0.39, 0.29) is 18.1 Å². The average Bonchev–Trinajstić information content (AvgIpc) is 3.61. The summed E-state index contributed by atoms with van der Waals surface area (Å²) in [6.45, 7) is 4.91. The van der Waals surface area contributed by atoms with Gasteiger partial charge in [0.15, 0.2) is 5.69 Å². The highest BCUT2D eigenvalue weighted by Crippen LogP contribution is 2.37. The zero-order valence-corrected chi connectivity index (χ0v) is 27.3. The Hall–Kier alpha value is -2.27. The fourth-order valence-electron chi connectivity index (χ4n) is 5.36. The Kier molecular flexibility index (Phi) is 11.3. The maximum Gasteiger partial charge on any atom is 0.286 e. The average molecular weight is 664 g/mol. The molecule has 0 saturated carbocycles. The van der Waals surface area contributed by atoms with E-state index >= 15 is 0 Å². The van der Waals surface area contributed by atoms with Gasteiger partial charge in [-0.1, -0.05) is 54.8 Å². The number of halogens is 2. The highest BCUT2D eigenvalue weighted by molar-refractivity contribution is 7.76. The van der Waals surface area contributed by atoms with E-state index in [2.05, 4.69) is 24.2 Å². The molecule has 0 radical (unpaired) electrons. The Bertz CT molecular complexity index is 1520. The first kappa shape index (κ1) is 32.1. The van der Waals surface area contributed by atoms with Crippen LogP contribution in [0.25, 0.3) is 16.3 Å². The molecule has 4 heterocycles. The molecule has 1 unspecified atom stereocenters. The van der Waals surface area contributed by atoms with Gasteiger partial charge >= 0.3 is 0 Å². The smallest absolute Gasteiger partial charge is 0.286 e. The molecule has 1 amide bonds. The number of amides is 1. The lowest BCUT2D eigenvalue weighted by Gasteiger charge is -2.34. The number of hydrogen-bond acceptors (Lipinski definition) is 6. The fourth-order valence-corrected chi connectivity index (χ4v) is 7.39. The summed E-state index contributed by atoms with van der Waals surface area (Å²) in [6, 6.07) is 9.03. The van der Waals surface area contributed by atoms with Crippen molar-refractivity contribution in [1.29, 1.82) is 0 Å². The van der Waals surface area contributed by atoms with Crippen LogP contribution >= 0.6 is 34.5 Å². The molecule has 2 aliphatic heterocycles. The number of carbonyl (C=O) groups excluding carboxylic acids is 1. The number of piperidine rings is 2. The summed E-state index contributed by atoms with van der Waals surface area (Å²) in [5.74, 6) is 6.05. The summed E-state index contributed by atoms with van der Waals surface area (Å²) in [6.07, 6.45) is 7.80. The van der Waals surface area contributed by atoms with Gasteiger partial charge in [-0.25, -0.2) is 18.9 Å². The molecule has 13 heteroatoms. The van der Waals surface area contributed by atoms with Crippen molar-refractivity contribution >= 4 is 51.7 Å². The molecule has 2 N–H and O–H groups in total. The van der Waals surface area contributed by atoms with Crippen LogP contribution in [0.2, 0.25) is 10.0 Å². The normalized spacial score (nSPS) is 17.0. The van der Waals surface area contributed by atoms with Gasteiger partial charge in [0.2, 0.25) is 11.3 Å². The first-order valence-electron chi connectivity index (χ1n) is 14.7. The molecule has 43 heavy (non-hydrogen) atoms. The van der Waals surface area contributed by atoms with Crippen LogP contribution in [0.1, 0.15) is 79.2 Å². The number of thiophene rings is 1. The van der Waals surface area contributed by atoms with Crippen molar-refractivity contribution in [2.45, 2.75) is 64.8 Å². The van der Waals surface area contributed by atoms with Crippen LogP contribution in [0.15, 0.2) is 30.3 Å². The number of rotatable bonds is 9. The number of nitrogens with one attached hydrogen (secondary N) is 1. The van der Waals surface area contributed by atoms with Gasteiger partial charge in [-0.05, 0) is 62.4 Å². The van der Waals surface area contributed by atoms with Gasteiger partial charge in [0.05, 0.1) is 32.7 Å². The van der Waals surface area contributed by atoms with Crippen molar-refractivity contribution in [3.8, 4) is 28.1 Å². The molecule has 2 aliphatic rings. The molecular formula is C30H36Cl2N6O3S2. The van der Waals surface area contributed by atoms with E-state index in [9.17, 15) is 13.6 Å². The van der Waals surface area contributed by atoms with Gasteiger partial charge in [0, 0.05) is 43.2 Å². The first-order chi connectivity index (χ1) is 20.9. The van der Waals surface area contributed by atoms with Crippen LogP contribution in [0.3, 0.4) is 0 Å². The molecule has 2 aromatic heterocycles. The lowest BCUT2D eigenvalue weighted by atomic mass is 10.1. The summed E-state index contributed by atoms with van der Waals surface area (Å²) in [7, 11) is 0. The minimum atomic E-state index is -2.32. The number of unbranched alkanes of at least 4 members (excludes halogenated alkanes) is 1. The minimum absolute atomic E-state index is 0.00114. The molecule has 5 rings (SSSR count). The molecule has 0 spiro atoms. The predicted molar refractivity (Wildman–Crippen MR) is 173 cm³/mol. The largest absolute Gasteiger partial charge is 0.293 e. The zero-order valence-electron chi connectivity index (χ0n) is 24.2. The minimum Gasteiger partial charge on any atom is -0.293 e. The maximum absolute atomic E-state index is 13.9. The standard InChI is InChI=1S/C30H36Cl2N6O3S2/c1-2-3-6-11-23-13-15-27(42-23)29-24(21-37(43(40)41)36-18-9-5-10-19-36)28(30(39)34-35-16-7-4-8-17-35)33-38(29)26-14-12-22(31)20-25(26)32/h12-15,20H,2-5,7-10,16-19,21H2,1H3,(H,34,39)(H,40,41). The molecule has 9 nitrogen and oxygen atoms in total. The highest BCUT2D eigenvalue weighted by Gasteiger charge is 2.32. The maximum atomic E-state index is 13.9. The first-order valence-corrected chi connectivity index (χ1v) is 17.3. The predicted octanol–water partition coefficient (Wildman–Crippen LogP) is 6.53. The third kappa shape index (κ3) is 7.88. The van der Waals surface area contributed by atoms with Gasteiger partial charge < -0.3 is 0 Å². The molecule has 230 valence electrons. The molecule has 0 aliphatic carbocycles. The summed E-state index contributed by atoms with van der Waals surface area (Å²) >= 11 is 12.1. The van der Waals surface area contributed by atoms with Crippen LogP contribution in [0, 0.1) is 11.8 Å². The number of carbonyl (C=O) groups is 1. The number of hydrogen-bond donors (Lipinski definition) is 2. The summed E-state index contributed by atoms with van der Waals surface area (Å²) in [5.41, 5.74) is 4.90. The van der Waals surface area contributed by atoms with E-state index < -0.39 is 11.3 Å². The van der Waals surface area contributed by atoms with Crippen LogP contribution in [-0.2, 0) is 17.8 Å². The Morgan fingerprint density at radius 2 is 1.81 bits per heavy atom. The van der Waals surface area contributed by atoms with Crippen molar-refractivity contribution in [3.05, 3.63) is 56.5 Å². The Balaban J connectivity index is 1.67. The van der Waals surface area contributed by atoms with Gasteiger partial charge in [0.25, 0.3) is 5.91 Å². The summed E-state index contributed by atoms with van der Waals surface area (Å²) < 4.78 is 26.3. The topological polar surface area (TPSA) is 93.9 Å². The van der Waals surface area contributed by atoms with Crippen LogP contribution < -0.4 is 5.43 Å². The third-order valence-electron chi connectivity index (χ3n) is 7.50. The van der Waals surface area contributed by atoms with E-state index in [4.69, 9.17) is 28.3 Å². The second-order valence-corrected chi connectivity index (χ2v) is 13.5. The van der Waals surface area contributed by atoms with Crippen molar-refractivity contribution < 1.29 is 13.6 Å². The Morgan fingerprint density at radius 3 is 2.49 bits per heavy atom. The van der Waals surface area contributed by atoms with Crippen molar-refractivity contribution in [2.75, 3.05) is 26.2 Å². The number of benzene rings is 1. The van der Waals surface area contributed by atoms with Gasteiger partial charge in [0.1, 0.15) is 0 Å². The van der Waals surface area contributed by atoms with Crippen molar-refractivity contribution in [3.63, 3.8) is 0 Å². The van der Waals surface area contributed by atoms with Gasteiger partial charge in [-0.15, -0.1) is 15.8 Å². The number of hydrazine groups is 2. The summed E-state index contributed by atoms with van der Waals surface area (Å²) in [4.78, 5) is 15.6.